The smallest absolute Gasteiger partial charge is 0.244 e. The third kappa shape index (κ3) is 3.33. The van der Waals surface area contributed by atoms with E-state index in [2.05, 4.69) is 9.71 Å². The van der Waals surface area contributed by atoms with Crippen LogP contribution in [0.4, 0.5) is 5.82 Å². The molecule has 2 aromatic rings. The van der Waals surface area contributed by atoms with Crippen LogP contribution in [0.2, 0.25) is 0 Å². The van der Waals surface area contributed by atoms with E-state index in [1.165, 1.54) is 18.3 Å². The summed E-state index contributed by atoms with van der Waals surface area (Å²) in [4.78, 5) is 3.76. The van der Waals surface area contributed by atoms with Gasteiger partial charge in [0, 0.05) is 18.7 Å². The van der Waals surface area contributed by atoms with Gasteiger partial charge in [-0.15, -0.1) is 0 Å². The molecule has 1 atom stereocenters. The van der Waals surface area contributed by atoms with Gasteiger partial charge in [-0.3, -0.25) is 0 Å². The largest absolute Gasteiger partial charge is 0.469 e. The lowest BCUT2D eigenvalue weighted by Crippen LogP contribution is -2.34. The standard InChI is InChI=1S/C12H15N3O3S/c1-9(8-10-4-3-7-18-10)15-19(16,17)11-5-2-6-14-12(11)13/h2-7,9,15H,8H2,1H3,(H2,13,14). The summed E-state index contributed by atoms with van der Waals surface area (Å²) in [5, 5.41) is 0. The van der Waals surface area contributed by atoms with Gasteiger partial charge in [0.2, 0.25) is 10.0 Å². The zero-order valence-electron chi connectivity index (χ0n) is 10.4. The molecule has 102 valence electrons. The second kappa shape index (κ2) is 5.41. The van der Waals surface area contributed by atoms with Crippen LogP contribution in [0.3, 0.4) is 0 Å². The van der Waals surface area contributed by atoms with Crippen molar-refractivity contribution in [1.29, 1.82) is 0 Å². The van der Waals surface area contributed by atoms with E-state index in [0.717, 1.165) is 0 Å². The average molecular weight is 281 g/mol. The van der Waals surface area contributed by atoms with Gasteiger partial charge >= 0.3 is 0 Å². The van der Waals surface area contributed by atoms with E-state index in [-0.39, 0.29) is 16.8 Å². The van der Waals surface area contributed by atoms with Gasteiger partial charge in [0.25, 0.3) is 0 Å². The second-order valence-electron chi connectivity index (χ2n) is 4.19. The maximum absolute atomic E-state index is 12.1. The molecule has 2 aromatic heterocycles. The van der Waals surface area contributed by atoms with Gasteiger partial charge in [0.1, 0.15) is 16.5 Å². The van der Waals surface area contributed by atoms with Crippen LogP contribution >= 0.6 is 0 Å². The third-order valence-electron chi connectivity index (χ3n) is 2.53. The number of pyridine rings is 1. The van der Waals surface area contributed by atoms with E-state index < -0.39 is 10.0 Å². The third-order valence-corrected chi connectivity index (χ3v) is 4.17. The van der Waals surface area contributed by atoms with Crippen LogP contribution in [0.1, 0.15) is 12.7 Å². The van der Waals surface area contributed by atoms with E-state index in [9.17, 15) is 8.42 Å². The van der Waals surface area contributed by atoms with E-state index in [0.29, 0.717) is 12.2 Å². The van der Waals surface area contributed by atoms with Crippen molar-refractivity contribution in [1.82, 2.24) is 9.71 Å². The quantitative estimate of drug-likeness (QED) is 0.857. The Morgan fingerprint density at radius 2 is 2.21 bits per heavy atom. The molecule has 0 saturated heterocycles. The summed E-state index contributed by atoms with van der Waals surface area (Å²) in [6, 6.07) is 6.20. The van der Waals surface area contributed by atoms with Gasteiger partial charge in [0.15, 0.2) is 0 Å². The van der Waals surface area contributed by atoms with Crippen molar-refractivity contribution in [3.8, 4) is 0 Å². The Bertz CT molecular complexity index is 638. The monoisotopic (exact) mass is 281 g/mol. The van der Waals surface area contributed by atoms with Crippen LogP contribution in [0.25, 0.3) is 0 Å². The molecule has 7 heteroatoms. The fraction of sp³-hybridized carbons (Fsp3) is 0.250. The van der Waals surface area contributed by atoms with Crippen molar-refractivity contribution in [2.24, 2.45) is 0 Å². The summed E-state index contributed by atoms with van der Waals surface area (Å²) in [6.07, 6.45) is 3.46. The van der Waals surface area contributed by atoms with Crippen LogP contribution in [-0.2, 0) is 16.4 Å². The molecule has 0 amide bonds. The number of hydrogen-bond donors (Lipinski definition) is 2. The molecular weight excluding hydrogens is 266 g/mol. The normalized spacial score (nSPS) is 13.3. The van der Waals surface area contributed by atoms with Crippen molar-refractivity contribution in [2.75, 3.05) is 5.73 Å². The van der Waals surface area contributed by atoms with Gasteiger partial charge in [0.05, 0.1) is 6.26 Å². The molecule has 0 aliphatic rings. The van der Waals surface area contributed by atoms with Crippen molar-refractivity contribution in [2.45, 2.75) is 24.3 Å². The number of nitrogen functional groups attached to an aromatic ring is 1. The first kappa shape index (κ1) is 13.6. The lowest BCUT2D eigenvalue weighted by Gasteiger charge is -2.13. The topological polar surface area (TPSA) is 98.2 Å². The van der Waals surface area contributed by atoms with Gasteiger partial charge < -0.3 is 10.2 Å². The van der Waals surface area contributed by atoms with E-state index in [1.54, 1.807) is 25.3 Å². The molecule has 3 N–H and O–H groups in total. The van der Waals surface area contributed by atoms with Gasteiger partial charge in [-0.25, -0.2) is 18.1 Å². The summed E-state index contributed by atoms with van der Waals surface area (Å²) >= 11 is 0. The van der Waals surface area contributed by atoms with Crippen LogP contribution < -0.4 is 10.5 Å². The number of sulfonamides is 1. The minimum Gasteiger partial charge on any atom is -0.469 e. The SMILES string of the molecule is CC(Cc1ccco1)NS(=O)(=O)c1cccnc1N. The molecule has 0 aliphatic carbocycles. The lowest BCUT2D eigenvalue weighted by atomic mass is 10.2. The summed E-state index contributed by atoms with van der Waals surface area (Å²) in [5.41, 5.74) is 5.57. The van der Waals surface area contributed by atoms with Gasteiger partial charge in [-0.1, -0.05) is 0 Å². The van der Waals surface area contributed by atoms with Crippen LogP contribution in [0.5, 0.6) is 0 Å². The summed E-state index contributed by atoms with van der Waals surface area (Å²) in [5.74, 6) is 0.703. The number of nitrogens with zero attached hydrogens (tertiary/aromatic N) is 1. The van der Waals surface area contributed by atoms with Crippen LogP contribution in [-0.4, -0.2) is 19.4 Å². The fourth-order valence-corrected chi connectivity index (χ4v) is 3.06. The predicted octanol–water partition coefficient (Wildman–Crippen LogP) is 1.17. The number of furan rings is 1. The highest BCUT2D eigenvalue weighted by Crippen LogP contribution is 2.15. The van der Waals surface area contributed by atoms with Gasteiger partial charge in [-0.2, -0.15) is 0 Å². The minimum atomic E-state index is -3.67. The predicted molar refractivity (Wildman–Crippen MR) is 70.8 cm³/mol. The Hall–Kier alpha value is -1.86. The molecular formula is C12H15N3O3S. The number of aromatic nitrogens is 1. The molecule has 6 nitrogen and oxygen atoms in total. The number of nitrogens with two attached hydrogens (primary N) is 1. The molecule has 0 spiro atoms. The maximum atomic E-state index is 12.1. The number of hydrogen-bond acceptors (Lipinski definition) is 5. The fourth-order valence-electron chi connectivity index (χ4n) is 1.73. The molecule has 0 aromatic carbocycles. The van der Waals surface area contributed by atoms with Crippen molar-refractivity contribution < 1.29 is 12.8 Å². The highest BCUT2D eigenvalue weighted by molar-refractivity contribution is 7.89. The summed E-state index contributed by atoms with van der Waals surface area (Å²) in [6.45, 7) is 1.76. The first-order chi connectivity index (χ1) is 8.99. The molecule has 2 heterocycles. The number of nitrogens with one attached hydrogen (secondary N) is 1. The Labute approximate surface area is 111 Å². The minimum absolute atomic E-state index is 0.0127. The molecule has 19 heavy (non-hydrogen) atoms. The van der Waals surface area contributed by atoms with E-state index >= 15 is 0 Å². The number of anilines is 1. The highest BCUT2D eigenvalue weighted by atomic mass is 32.2. The molecule has 1 unspecified atom stereocenters. The zero-order chi connectivity index (χ0) is 13.9. The van der Waals surface area contributed by atoms with E-state index in [1.807, 2.05) is 0 Å². The first-order valence-electron chi connectivity index (χ1n) is 5.74. The Kier molecular flexibility index (Phi) is 3.87. The molecule has 2 rings (SSSR count). The van der Waals surface area contributed by atoms with Crippen molar-refractivity contribution in [3.63, 3.8) is 0 Å². The second-order valence-corrected chi connectivity index (χ2v) is 5.88. The van der Waals surface area contributed by atoms with Gasteiger partial charge in [-0.05, 0) is 31.2 Å². The Balaban J connectivity index is 2.11. The highest BCUT2D eigenvalue weighted by Gasteiger charge is 2.20. The van der Waals surface area contributed by atoms with Crippen molar-refractivity contribution in [3.05, 3.63) is 42.5 Å². The lowest BCUT2D eigenvalue weighted by molar-refractivity contribution is 0.479. The molecule has 0 fully saturated rings. The Morgan fingerprint density at radius 3 is 2.84 bits per heavy atom. The molecule has 0 bridgehead atoms. The summed E-state index contributed by atoms with van der Waals surface area (Å²) in [7, 11) is -3.67. The Morgan fingerprint density at radius 1 is 1.42 bits per heavy atom. The van der Waals surface area contributed by atoms with E-state index in [4.69, 9.17) is 10.2 Å². The maximum Gasteiger partial charge on any atom is 0.244 e. The average Bonchev–Trinajstić information content (AvgIpc) is 2.81. The summed E-state index contributed by atoms with van der Waals surface area (Å²) < 4.78 is 32.0. The number of rotatable bonds is 5. The van der Waals surface area contributed by atoms with Crippen LogP contribution in [0, 0.1) is 0 Å². The molecule has 0 radical (unpaired) electrons. The zero-order valence-corrected chi connectivity index (χ0v) is 11.2. The first-order valence-corrected chi connectivity index (χ1v) is 7.22. The van der Waals surface area contributed by atoms with Crippen LogP contribution in [0.15, 0.2) is 46.0 Å². The molecule has 0 saturated carbocycles. The molecule has 0 aliphatic heterocycles. The van der Waals surface area contributed by atoms with Crippen molar-refractivity contribution >= 4 is 15.8 Å².